The van der Waals surface area contributed by atoms with Gasteiger partial charge in [0, 0.05) is 36.9 Å². The number of rotatable bonds is 5. The number of thiazole rings is 1. The second-order valence-electron chi connectivity index (χ2n) is 5.77. The Morgan fingerprint density at radius 2 is 2.00 bits per heavy atom. The Kier molecular flexibility index (Phi) is 4.71. The average molecular weight is 376 g/mol. The van der Waals surface area contributed by atoms with E-state index in [2.05, 4.69) is 25.4 Å². The molecule has 0 aliphatic heterocycles. The van der Waals surface area contributed by atoms with Crippen molar-refractivity contribution in [1.82, 2.24) is 30.0 Å². The van der Waals surface area contributed by atoms with Crippen molar-refractivity contribution in [3.63, 3.8) is 0 Å². The molecule has 27 heavy (non-hydrogen) atoms. The van der Waals surface area contributed by atoms with E-state index in [1.54, 1.807) is 23.3 Å². The molecule has 0 bridgehead atoms. The van der Waals surface area contributed by atoms with Crippen LogP contribution >= 0.6 is 11.3 Å². The summed E-state index contributed by atoms with van der Waals surface area (Å²) in [6.45, 7) is 2.18. The summed E-state index contributed by atoms with van der Waals surface area (Å²) in [5, 5.41) is 7.90. The van der Waals surface area contributed by atoms with Gasteiger partial charge in [-0.05, 0) is 31.2 Å². The van der Waals surface area contributed by atoms with Gasteiger partial charge in [-0.15, -0.1) is 11.3 Å². The summed E-state index contributed by atoms with van der Waals surface area (Å²) in [6, 6.07) is 11.2. The first kappa shape index (κ1) is 17.0. The molecule has 0 aliphatic carbocycles. The maximum atomic E-state index is 12.7. The summed E-state index contributed by atoms with van der Waals surface area (Å²) >= 11 is 1.34. The van der Waals surface area contributed by atoms with Gasteiger partial charge in [-0.1, -0.05) is 12.1 Å². The molecule has 4 aromatic heterocycles. The number of hydrogen-bond donors (Lipinski definition) is 1. The highest BCUT2D eigenvalue weighted by molar-refractivity contribution is 7.17. The maximum absolute atomic E-state index is 12.7. The summed E-state index contributed by atoms with van der Waals surface area (Å²) in [6.07, 6.45) is 6.93. The minimum atomic E-state index is -0.164. The lowest BCUT2D eigenvalue weighted by Crippen LogP contribution is -2.23. The van der Waals surface area contributed by atoms with Crippen LogP contribution in [0.5, 0.6) is 0 Å². The normalized spacial score (nSPS) is 10.7. The van der Waals surface area contributed by atoms with Crippen LogP contribution in [0.3, 0.4) is 0 Å². The molecule has 7 nitrogen and oxygen atoms in total. The number of carbonyl (C=O) groups excluding carboxylic acids is 1. The standard InChI is InChI=1S/C19H16N6OS/c1-13-16(27-19(24-13)15-7-2-3-8-20-15)18(26)22-12-14-6-4-9-21-17(14)25-11-5-10-23-25/h2-11H,12H2,1H3,(H,22,26). The van der Waals surface area contributed by atoms with Crippen LogP contribution in [0.25, 0.3) is 16.5 Å². The Morgan fingerprint density at radius 1 is 1.11 bits per heavy atom. The zero-order valence-electron chi connectivity index (χ0n) is 14.5. The summed E-state index contributed by atoms with van der Waals surface area (Å²) in [7, 11) is 0. The number of aryl methyl sites for hydroxylation is 1. The number of pyridine rings is 2. The quantitative estimate of drug-likeness (QED) is 0.579. The first-order valence-corrected chi connectivity index (χ1v) is 9.15. The SMILES string of the molecule is Cc1nc(-c2ccccn2)sc1C(=O)NCc1cccnc1-n1cccn1. The van der Waals surface area contributed by atoms with E-state index in [-0.39, 0.29) is 5.91 Å². The lowest BCUT2D eigenvalue weighted by Gasteiger charge is -2.09. The topological polar surface area (TPSA) is 85.6 Å². The number of nitrogens with zero attached hydrogens (tertiary/aromatic N) is 5. The third kappa shape index (κ3) is 3.61. The van der Waals surface area contributed by atoms with Crippen LogP contribution in [-0.2, 0) is 6.54 Å². The first-order chi connectivity index (χ1) is 13.2. The van der Waals surface area contributed by atoms with E-state index in [0.29, 0.717) is 22.9 Å². The van der Waals surface area contributed by atoms with E-state index in [1.165, 1.54) is 11.3 Å². The van der Waals surface area contributed by atoms with Crippen molar-refractivity contribution < 1.29 is 4.79 Å². The second-order valence-corrected chi connectivity index (χ2v) is 6.77. The van der Waals surface area contributed by atoms with Crippen molar-refractivity contribution >= 4 is 17.2 Å². The van der Waals surface area contributed by atoms with Crippen LogP contribution < -0.4 is 5.32 Å². The predicted octanol–water partition coefficient (Wildman–Crippen LogP) is 3.02. The molecule has 1 N–H and O–H groups in total. The van der Waals surface area contributed by atoms with Crippen molar-refractivity contribution in [2.24, 2.45) is 0 Å². The van der Waals surface area contributed by atoms with E-state index < -0.39 is 0 Å². The molecule has 0 aliphatic rings. The summed E-state index contributed by atoms with van der Waals surface area (Å²) in [4.78, 5) is 26.4. The van der Waals surface area contributed by atoms with Crippen molar-refractivity contribution in [3.8, 4) is 16.5 Å². The van der Waals surface area contributed by atoms with E-state index in [4.69, 9.17) is 0 Å². The Morgan fingerprint density at radius 3 is 2.78 bits per heavy atom. The Bertz CT molecular complexity index is 1060. The average Bonchev–Trinajstić information content (AvgIpc) is 3.37. The first-order valence-electron chi connectivity index (χ1n) is 8.33. The molecule has 0 aromatic carbocycles. The van der Waals surface area contributed by atoms with Crippen molar-refractivity contribution in [1.29, 1.82) is 0 Å². The van der Waals surface area contributed by atoms with Gasteiger partial charge in [-0.25, -0.2) is 14.6 Å². The molecule has 0 fully saturated rings. The number of nitrogens with one attached hydrogen (secondary N) is 1. The highest BCUT2D eigenvalue weighted by Gasteiger charge is 2.17. The molecule has 0 spiro atoms. The van der Waals surface area contributed by atoms with E-state index in [1.807, 2.05) is 49.5 Å². The molecule has 4 heterocycles. The monoisotopic (exact) mass is 376 g/mol. The van der Waals surface area contributed by atoms with Gasteiger partial charge in [-0.3, -0.25) is 9.78 Å². The third-order valence-corrected chi connectivity index (χ3v) is 5.09. The molecule has 0 saturated heterocycles. The van der Waals surface area contributed by atoms with Crippen LogP contribution in [0, 0.1) is 6.92 Å². The molecule has 134 valence electrons. The van der Waals surface area contributed by atoms with Crippen LogP contribution in [-0.4, -0.2) is 30.6 Å². The number of carbonyl (C=O) groups is 1. The largest absolute Gasteiger partial charge is 0.347 e. The van der Waals surface area contributed by atoms with Crippen LogP contribution in [0.1, 0.15) is 20.9 Å². The summed E-state index contributed by atoms with van der Waals surface area (Å²) in [5.74, 6) is 0.528. The molecule has 4 aromatic rings. The minimum Gasteiger partial charge on any atom is -0.347 e. The van der Waals surface area contributed by atoms with Crippen molar-refractivity contribution in [2.45, 2.75) is 13.5 Å². The Hall–Kier alpha value is -3.39. The molecule has 0 atom stereocenters. The van der Waals surface area contributed by atoms with Gasteiger partial charge in [-0.2, -0.15) is 5.10 Å². The highest BCUT2D eigenvalue weighted by atomic mass is 32.1. The predicted molar refractivity (Wildman–Crippen MR) is 103 cm³/mol. The van der Waals surface area contributed by atoms with Gasteiger partial charge >= 0.3 is 0 Å². The second kappa shape index (κ2) is 7.46. The van der Waals surface area contributed by atoms with E-state index in [9.17, 15) is 4.79 Å². The number of aromatic nitrogens is 5. The van der Waals surface area contributed by atoms with Gasteiger partial charge < -0.3 is 5.32 Å². The molecular formula is C19H16N6OS. The van der Waals surface area contributed by atoms with E-state index in [0.717, 1.165) is 16.3 Å². The van der Waals surface area contributed by atoms with Gasteiger partial charge in [0.15, 0.2) is 5.82 Å². The van der Waals surface area contributed by atoms with Crippen LogP contribution in [0.4, 0.5) is 0 Å². The van der Waals surface area contributed by atoms with Gasteiger partial charge in [0.05, 0.1) is 11.4 Å². The van der Waals surface area contributed by atoms with Gasteiger partial charge in [0.25, 0.3) is 5.91 Å². The summed E-state index contributed by atoms with van der Waals surface area (Å²) < 4.78 is 1.68. The van der Waals surface area contributed by atoms with Gasteiger partial charge in [0.1, 0.15) is 9.88 Å². The molecule has 0 radical (unpaired) electrons. The molecule has 0 saturated carbocycles. The lowest BCUT2D eigenvalue weighted by atomic mass is 10.2. The van der Waals surface area contributed by atoms with Crippen molar-refractivity contribution in [3.05, 3.63) is 77.3 Å². The zero-order valence-corrected chi connectivity index (χ0v) is 15.3. The smallest absolute Gasteiger partial charge is 0.263 e. The maximum Gasteiger partial charge on any atom is 0.263 e. The minimum absolute atomic E-state index is 0.164. The third-order valence-electron chi connectivity index (χ3n) is 3.92. The lowest BCUT2D eigenvalue weighted by molar-refractivity contribution is 0.0954. The van der Waals surface area contributed by atoms with Crippen molar-refractivity contribution in [2.75, 3.05) is 0 Å². The number of amides is 1. The fourth-order valence-electron chi connectivity index (χ4n) is 2.63. The Labute approximate surface area is 159 Å². The molecule has 1 amide bonds. The Balaban J connectivity index is 1.52. The van der Waals surface area contributed by atoms with Gasteiger partial charge in [0.2, 0.25) is 0 Å². The fourth-order valence-corrected chi connectivity index (χ4v) is 3.59. The van der Waals surface area contributed by atoms with E-state index >= 15 is 0 Å². The summed E-state index contributed by atoms with van der Waals surface area (Å²) in [5.41, 5.74) is 2.33. The molecular weight excluding hydrogens is 360 g/mol. The molecule has 4 rings (SSSR count). The zero-order chi connectivity index (χ0) is 18.6. The van der Waals surface area contributed by atoms with Crippen LogP contribution in [0.2, 0.25) is 0 Å². The fraction of sp³-hybridized carbons (Fsp3) is 0.105. The molecule has 0 unspecified atom stereocenters. The molecule has 8 heteroatoms. The highest BCUT2D eigenvalue weighted by Crippen LogP contribution is 2.26. The van der Waals surface area contributed by atoms with Crippen LogP contribution in [0.15, 0.2) is 61.2 Å². The number of hydrogen-bond acceptors (Lipinski definition) is 6.